The second-order valence-corrected chi connectivity index (χ2v) is 3.81. The van der Waals surface area contributed by atoms with Crippen LogP contribution in [0.1, 0.15) is 18.1 Å². The summed E-state index contributed by atoms with van der Waals surface area (Å²) < 4.78 is 5.05. The van der Waals surface area contributed by atoms with Gasteiger partial charge < -0.3 is 10.1 Å². The van der Waals surface area contributed by atoms with Crippen molar-refractivity contribution in [3.8, 4) is 0 Å². The Morgan fingerprint density at radius 2 is 1.87 bits per heavy atom. The standard InChI is InChI=1S/C13H19NO/c1-11(2)8-14-9-12-4-6-13(7-5-12)10-15-3/h4-7,14H,1,8-10H2,2-3H3. The quantitative estimate of drug-likeness (QED) is 0.720. The minimum Gasteiger partial charge on any atom is -0.380 e. The van der Waals surface area contributed by atoms with Crippen molar-refractivity contribution in [2.45, 2.75) is 20.1 Å². The zero-order valence-corrected chi connectivity index (χ0v) is 9.55. The Morgan fingerprint density at radius 3 is 2.40 bits per heavy atom. The SMILES string of the molecule is C=C(C)CNCc1ccc(COC)cc1. The second-order valence-electron chi connectivity index (χ2n) is 3.81. The third-order valence-corrected chi connectivity index (χ3v) is 2.09. The van der Waals surface area contributed by atoms with Gasteiger partial charge in [0.05, 0.1) is 6.61 Å². The molecule has 0 heterocycles. The molecule has 1 rings (SSSR count). The van der Waals surface area contributed by atoms with Crippen LogP contribution < -0.4 is 5.32 Å². The molecule has 0 aliphatic heterocycles. The van der Waals surface area contributed by atoms with E-state index in [0.717, 1.165) is 18.7 Å². The fourth-order valence-corrected chi connectivity index (χ4v) is 1.34. The first-order chi connectivity index (χ1) is 7.22. The summed E-state index contributed by atoms with van der Waals surface area (Å²) >= 11 is 0. The van der Waals surface area contributed by atoms with Gasteiger partial charge in [0, 0.05) is 20.2 Å². The first-order valence-electron chi connectivity index (χ1n) is 5.14. The van der Waals surface area contributed by atoms with Crippen LogP contribution in [0.2, 0.25) is 0 Å². The van der Waals surface area contributed by atoms with Crippen molar-refractivity contribution < 1.29 is 4.74 Å². The Bertz CT molecular complexity index is 303. The molecule has 0 bridgehead atoms. The molecule has 0 amide bonds. The molecule has 0 atom stereocenters. The Balaban J connectivity index is 2.39. The molecule has 1 N–H and O–H groups in total. The van der Waals surface area contributed by atoms with Gasteiger partial charge in [0.15, 0.2) is 0 Å². The molecule has 15 heavy (non-hydrogen) atoms. The average molecular weight is 205 g/mol. The number of benzene rings is 1. The van der Waals surface area contributed by atoms with Crippen LogP contribution in [0.25, 0.3) is 0 Å². The Kier molecular flexibility index (Phi) is 5.08. The lowest BCUT2D eigenvalue weighted by molar-refractivity contribution is 0.185. The van der Waals surface area contributed by atoms with Crippen LogP contribution in [-0.4, -0.2) is 13.7 Å². The normalized spacial score (nSPS) is 10.3. The van der Waals surface area contributed by atoms with Crippen LogP contribution in [0.3, 0.4) is 0 Å². The molecule has 0 aromatic heterocycles. The maximum Gasteiger partial charge on any atom is 0.0713 e. The molecule has 0 aliphatic carbocycles. The highest BCUT2D eigenvalue weighted by molar-refractivity contribution is 5.22. The third-order valence-electron chi connectivity index (χ3n) is 2.09. The molecule has 1 aromatic rings. The van der Waals surface area contributed by atoms with Gasteiger partial charge in [-0.1, -0.05) is 36.4 Å². The zero-order chi connectivity index (χ0) is 11.1. The first kappa shape index (κ1) is 12.0. The molecule has 0 unspecified atom stereocenters. The maximum absolute atomic E-state index is 5.05. The van der Waals surface area contributed by atoms with Crippen LogP contribution >= 0.6 is 0 Å². The summed E-state index contributed by atoms with van der Waals surface area (Å²) in [6.07, 6.45) is 0. The molecule has 0 saturated heterocycles. The van der Waals surface area contributed by atoms with Gasteiger partial charge in [-0.2, -0.15) is 0 Å². The number of ether oxygens (including phenoxy) is 1. The number of rotatable bonds is 6. The summed E-state index contributed by atoms with van der Waals surface area (Å²) in [4.78, 5) is 0. The fourth-order valence-electron chi connectivity index (χ4n) is 1.34. The molecule has 1 aromatic carbocycles. The lowest BCUT2D eigenvalue weighted by atomic mass is 10.1. The summed E-state index contributed by atoms with van der Waals surface area (Å²) in [5.41, 5.74) is 3.66. The van der Waals surface area contributed by atoms with Crippen LogP contribution in [0.4, 0.5) is 0 Å². The first-order valence-corrected chi connectivity index (χ1v) is 5.14. The van der Waals surface area contributed by atoms with Crippen LogP contribution in [0.15, 0.2) is 36.4 Å². The zero-order valence-electron chi connectivity index (χ0n) is 9.55. The number of hydrogen-bond donors (Lipinski definition) is 1. The van der Waals surface area contributed by atoms with Gasteiger partial charge in [-0.15, -0.1) is 0 Å². The van der Waals surface area contributed by atoms with E-state index < -0.39 is 0 Å². The van der Waals surface area contributed by atoms with Crippen molar-refractivity contribution in [2.75, 3.05) is 13.7 Å². The van der Waals surface area contributed by atoms with E-state index in [1.54, 1.807) is 7.11 Å². The predicted octanol–water partition coefficient (Wildman–Crippen LogP) is 2.50. The van der Waals surface area contributed by atoms with E-state index in [4.69, 9.17) is 4.74 Å². The van der Waals surface area contributed by atoms with Gasteiger partial charge in [0.1, 0.15) is 0 Å². The highest BCUT2D eigenvalue weighted by Crippen LogP contribution is 2.05. The summed E-state index contributed by atoms with van der Waals surface area (Å²) in [7, 11) is 1.71. The highest BCUT2D eigenvalue weighted by atomic mass is 16.5. The van der Waals surface area contributed by atoms with Gasteiger partial charge in [-0.3, -0.25) is 0 Å². The number of nitrogens with one attached hydrogen (secondary N) is 1. The maximum atomic E-state index is 5.05. The van der Waals surface area contributed by atoms with Gasteiger partial charge in [0.25, 0.3) is 0 Å². The Hall–Kier alpha value is -1.12. The molecule has 0 aliphatic rings. The molecule has 2 nitrogen and oxygen atoms in total. The lowest BCUT2D eigenvalue weighted by Crippen LogP contribution is -2.15. The van der Waals surface area contributed by atoms with E-state index in [9.17, 15) is 0 Å². The van der Waals surface area contributed by atoms with E-state index in [-0.39, 0.29) is 0 Å². The van der Waals surface area contributed by atoms with Crippen LogP contribution in [-0.2, 0) is 17.9 Å². The number of methoxy groups -OCH3 is 1. The van der Waals surface area contributed by atoms with Crippen molar-refractivity contribution in [1.29, 1.82) is 0 Å². The van der Waals surface area contributed by atoms with E-state index in [2.05, 4.69) is 36.2 Å². The average Bonchev–Trinajstić information content (AvgIpc) is 2.20. The fraction of sp³-hybridized carbons (Fsp3) is 0.385. The van der Waals surface area contributed by atoms with Crippen molar-refractivity contribution in [3.63, 3.8) is 0 Å². The molecule has 0 spiro atoms. The predicted molar refractivity (Wildman–Crippen MR) is 63.7 cm³/mol. The number of hydrogen-bond acceptors (Lipinski definition) is 2. The van der Waals surface area contributed by atoms with E-state index >= 15 is 0 Å². The molecule has 2 heteroatoms. The molecule has 0 saturated carbocycles. The van der Waals surface area contributed by atoms with Gasteiger partial charge >= 0.3 is 0 Å². The second kappa shape index (κ2) is 6.38. The van der Waals surface area contributed by atoms with Crippen molar-refractivity contribution >= 4 is 0 Å². The Morgan fingerprint density at radius 1 is 1.27 bits per heavy atom. The lowest BCUT2D eigenvalue weighted by Gasteiger charge is -2.05. The Labute approximate surface area is 92.0 Å². The smallest absolute Gasteiger partial charge is 0.0713 e. The van der Waals surface area contributed by atoms with Crippen molar-refractivity contribution in [3.05, 3.63) is 47.5 Å². The molecule has 0 fully saturated rings. The topological polar surface area (TPSA) is 21.3 Å². The molecule has 82 valence electrons. The minimum absolute atomic E-state index is 0.680. The van der Waals surface area contributed by atoms with E-state index in [1.165, 1.54) is 11.1 Å². The van der Waals surface area contributed by atoms with Crippen molar-refractivity contribution in [1.82, 2.24) is 5.32 Å². The highest BCUT2D eigenvalue weighted by Gasteiger charge is 1.94. The monoisotopic (exact) mass is 205 g/mol. The minimum atomic E-state index is 0.680. The summed E-state index contributed by atoms with van der Waals surface area (Å²) in [5.74, 6) is 0. The molecular weight excluding hydrogens is 186 g/mol. The molecule has 0 radical (unpaired) electrons. The summed E-state index contributed by atoms with van der Waals surface area (Å²) in [5, 5.41) is 3.32. The molecular formula is C13H19NO. The largest absolute Gasteiger partial charge is 0.380 e. The van der Waals surface area contributed by atoms with Crippen LogP contribution in [0, 0.1) is 0 Å². The van der Waals surface area contributed by atoms with E-state index in [1.807, 2.05) is 6.92 Å². The van der Waals surface area contributed by atoms with Gasteiger partial charge in [-0.05, 0) is 18.1 Å². The van der Waals surface area contributed by atoms with Gasteiger partial charge in [-0.25, -0.2) is 0 Å². The third kappa shape index (κ3) is 4.77. The van der Waals surface area contributed by atoms with Crippen LogP contribution in [0.5, 0.6) is 0 Å². The summed E-state index contributed by atoms with van der Waals surface area (Å²) in [6, 6.07) is 8.45. The summed E-state index contributed by atoms with van der Waals surface area (Å²) in [6.45, 7) is 8.31. The van der Waals surface area contributed by atoms with Crippen molar-refractivity contribution in [2.24, 2.45) is 0 Å². The van der Waals surface area contributed by atoms with Gasteiger partial charge in [0.2, 0.25) is 0 Å². The van der Waals surface area contributed by atoms with E-state index in [0.29, 0.717) is 6.61 Å².